The Labute approximate surface area is 342 Å². The first-order valence-corrected chi connectivity index (χ1v) is 23.0. The molecular formula is C46H81NO8P+. The fourth-order valence-corrected chi connectivity index (χ4v) is 5.96. The van der Waals surface area contributed by atoms with Gasteiger partial charge in [0.2, 0.25) is 0 Å². The Morgan fingerprint density at radius 2 is 1.27 bits per heavy atom. The summed E-state index contributed by atoms with van der Waals surface area (Å²) in [7, 11) is 1.54. The van der Waals surface area contributed by atoms with Crippen molar-refractivity contribution >= 4 is 13.8 Å². The highest BCUT2D eigenvalue weighted by Gasteiger charge is 2.26. The van der Waals surface area contributed by atoms with Crippen LogP contribution in [0.5, 0.6) is 0 Å². The first-order valence-electron chi connectivity index (χ1n) is 21.5. The number of carbonyl (C=O) groups is 1. The van der Waals surface area contributed by atoms with Gasteiger partial charge in [0.05, 0.1) is 40.1 Å². The van der Waals surface area contributed by atoms with Crippen molar-refractivity contribution in [2.75, 3.05) is 47.5 Å². The second-order valence-electron chi connectivity index (χ2n) is 15.3. The molecule has 0 saturated heterocycles. The molecule has 0 amide bonds. The largest absolute Gasteiger partial charge is 0.498 e. The minimum Gasteiger partial charge on any atom is -0.498 e. The number of allylic oxidation sites excluding steroid dienone is 11. The Kier molecular flexibility index (Phi) is 36.3. The number of phosphoric ester groups is 1. The molecule has 0 rings (SSSR count). The van der Waals surface area contributed by atoms with E-state index in [1.165, 1.54) is 70.6 Å². The summed E-state index contributed by atoms with van der Waals surface area (Å²) in [5.41, 5.74) is 0. The van der Waals surface area contributed by atoms with Gasteiger partial charge in [-0.15, -0.1) is 0 Å². The van der Waals surface area contributed by atoms with Crippen LogP contribution in [0.3, 0.4) is 0 Å². The monoisotopic (exact) mass is 807 g/mol. The average molecular weight is 807 g/mol. The Bertz CT molecular complexity index is 1180. The van der Waals surface area contributed by atoms with E-state index in [0.29, 0.717) is 30.3 Å². The van der Waals surface area contributed by atoms with Crippen LogP contribution in [-0.4, -0.2) is 80.2 Å². The molecule has 0 bridgehead atoms. The number of carbonyl (C=O) groups excluding carboxylic acids is 1. The molecule has 0 spiro atoms. The molecular weight excluding hydrogens is 725 g/mol. The number of rotatable bonds is 38. The van der Waals surface area contributed by atoms with Gasteiger partial charge in [-0.1, -0.05) is 132 Å². The lowest BCUT2D eigenvalue weighted by Crippen LogP contribution is -2.37. The van der Waals surface area contributed by atoms with Gasteiger partial charge in [0.1, 0.15) is 19.8 Å². The van der Waals surface area contributed by atoms with E-state index in [1.54, 1.807) is 12.3 Å². The van der Waals surface area contributed by atoms with Gasteiger partial charge in [-0.25, -0.2) is 4.57 Å². The molecule has 322 valence electrons. The van der Waals surface area contributed by atoms with Crippen molar-refractivity contribution in [1.82, 2.24) is 0 Å². The van der Waals surface area contributed by atoms with E-state index in [0.717, 1.165) is 32.1 Å². The normalized spacial score (nSPS) is 15.1. The number of esters is 1. The van der Waals surface area contributed by atoms with Crippen molar-refractivity contribution in [1.29, 1.82) is 0 Å². The van der Waals surface area contributed by atoms with Gasteiger partial charge < -0.3 is 24.0 Å². The standard InChI is InChI=1S/C46H80NO8P/c1-6-8-10-12-14-15-16-17-18-19-20-21-24-27-31-35-40-52-42-45(43-54-56(50,51)53-41-39-47(3,4)5)55-46(49)38-34-30-26-23-22-25-29-33-37-44(48)36-32-28-13-11-9-7-2/h9,11,15-16,23,25-26,28-29,32-33,35,37,40,44-45,48H,6-8,10,12-14,17-22,24,27,30-31,34,36,38-39,41-43H2,1-5H3/p+1/b11-9-,16-15-,26-23-,29-25-,32-28-,37-33+,40-35+/t44?,45-/m1/s1. The van der Waals surface area contributed by atoms with Crippen LogP contribution < -0.4 is 0 Å². The number of phosphoric acid groups is 1. The zero-order chi connectivity index (χ0) is 41.4. The van der Waals surface area contributed by atoms with E-state index in [2.05, 4.69) is 44.2 Å². The Hall–Kier alpha value is -2.52. The molecule has 56 heavy (non-hydrogen) atoms. The van der Waals surface area contributed by atoms with Crippen LogP contribution in [0.15, 0.2) is 85.3 Å². The number of aliphatic hydroxyl groups is 1. The molecule has 3 atom stereocenters. The van der Waals surface area contributed by atoms with Crippen molar-refractivity contribution < 1.29 is 42.4 Å². The molecule has 0 saturated carbocycles. The summed E-state index contributed by atoms with van der Waals surface area (Å²) in [5, 5.41) is 10.0. The number of aliphatic hydroxyl groups excluding tert-OH is 1. The molecule has 10 heteroatoms. The Balaban J connectivity index is 4.50. The first-order chi connectivity index (χ1) is 27.0. The molecule has 0 aliphatic heterocycles. The summed E-state index contributed by atoms with van der Waals surface area (Å²) in [6.45, 7) is 4.61. The van der Waals surface area contributed by atoms with Gasteiger partial charge in [-0.3, -0.25) is 13.8 Å². The number of hydrogen-bond acceptors (Lipinski definition) is 7. The molecule has 0 aromatic heterocycles. The van der Waals surface area contributed by atoms with E-state index < -0.39 is 26.0 Å². The smallest absolute Gasteiger partial charge is 0.472 e. The van der Waals surface area contributed by atoms with Gasteiger partial charge >= 0.3 is 13.8 Å². The van der Waals surface area contributed by atoms with E-state index in [9.17, 15) is 19.4 Å². The summed E-state index contributed by atoms with van der Waals surface area (Å²) in [6, 6.07) is 0. The zero-order valence-corrected chi connectivity index (χ0v) is 36.8. The van der Waals surface area contributed by atoms with Crippen molar-refractivity contribution in [3.63, 3.8) is 0 Å². The molecule has 0 heterocycles. The molecule has 2 unspecified atom stereocenters. The summed E-state index contributed by atoms with van der Waals surface area (Å²) in [5.74, 6) is -0.424. The van der Waals surface area contributed by atoms with Crippen LogP contribution in [0.1, 0.15) is 142 Å². The van der Waals surface area contributed by atoms with Gasteiger partial charge in [0, 0.05) is 6.42 Å². The van der Waals surface area contributed by atoms with Crippen LogP contribution in [0, 0.1) is 0 Å². The number of nitrogens with zero attached hydrogens (tertiary/aromatic N) is 1. The second kappa shape index (κ2) is 38.0. The number of hydrogen-bond donors (Lipinski definition) is 2. The topological polar surface area (TPSA) is 112 Å². The van der Waals surface area contributed by atoms with E-state index in [-0.39, 0.29) is 26.2 Å². The van der Waals surface area contributed by atoms with Crippen LogP contribution in [0.25, 0.3) is 0 Å². The highest BCUT2D eigenvalue weighted by molar-refractivity contribution is 7.47. The number of unbranched alkanes of at least 4 members (excludes halogenated alkanes) is 12. The first kappa shape index (κ1) is 53.5. The van der Waals surface area contributed by atoms with Gasteiger partial charge in [-0.05, 0) is 83.1 Å². The van der Waals surface area contributed by atoms with Crippen LogP contribution in [0.2, 0.25) is 0 Å². The van der Waals surface area contributed by atoms with Crippen molar-refractivity contribution in [3.05, 3.63) is 85.3 Å². The summed E-state index contributed by atoms with van der Waals surface area (Å²) >= 11 is 0. The van der Waals surface area contributed by atoms with E-state index in [1.807, 2.05) is 63.7 Å². The maximum absolute atomic E-state index is 12.6. The fraction of sp³-hybridized carbons (Fsp3) is 0.674. The third-order valence-electron chi connectivity index (χ3n) is 8.59. The minimum atomic E-state index is -4.33. The Morgan fingerprint density at radius 1 is 0.679 bits per heavy atom. The summed E-state index contributed by atoms with van der Waals surface area (Å²) in [6.07, 6.45) is 47.5. The lowest BCUT2D eigenvalue weighted by Gasteiger charge is -2.24. The molecule has 9 nitrogen and oxygen atoms in total. The van der Waals surface area contributed by atoms with Gasteiger partial charge in [0.15, 0.2) is 6.10 Å². The maximum Gasteiger partial charge on any atom is 0.472 e. The predicted octanol–water partition coefficient (Wildman–Crippen LogP) is 11.8. The Morgan fingerprint density at radius 3 is 1.95 bits per heavy atom. The summed E-state index contributed by atoms with van der Waals surface area (Å²) in [4.78, 5) is 22.8. The molecule has 0 aliphatic rings. The third-order valence-corrected chi connectivity index (χ3v) is 9.57. The predicted molar refractivity (Wildman–Crippen MR) is 234 cm³/mol. The zero-order valence-electron chi connectivity index (χ0n) is 35.9. The lowest BCUT2D eigenvalue weighted by molar-refractivity contribution is -0.870. The molecule has 0 radical (unpaired) electrons. The second-order valence-corrected chi connectivity index (χ2v) is 16.7. The minimum absolute atomic E-state index is 0.000632. The highest BCUT2D eigenvalue weighted by Crippen LogP contribution is 2.43. The molecule has 0 aliphatic carbocycles. The molecule has 0 fully saturated rings. The summed E-state index contributed by atoms with van der Waals surface area (Å²) < 4.78 is 34.6. The van der Waals surface area contributed by atoms with Crippen LogP contribution in [-0.2, 0) is 27.9 Å². The highest BCUT2D eigenvalue weighted by atomic mass is 31.2. The van der Waals surface area contributed by atoms with E-state index in [4.69, 9.17) is 18.5 Å². The molecule has 2 N–H and O–H groups in total. The number of ether oxygens (including phenoxy) is 2. The lowest BCUT2D eigenvalue weighted by atomic mass is 10.1. The average Bonchev–Trinajstić information content (AvgIpc) is 3.14. The van der Waals surface area contributed by atoms with Gasteiger partial charge in [0.25, 0.3) is 0 Å². The van der Waals surface area contributed by atoms with Crippen molar-refractivity contribution in [2.45, 2.75) is 154 Å². The SMILES string of the molecule is CC/C=C\C/C=C\CC(O)/C=C/C=C\C/C=C\CCCC(=O)O[C@H](CO/C=C/CCCCCCCC/C=C\CCCCCC)COP(=O)(O)OCC[N+](C)(C)C. The molecule has 0 aromatic carbocycles. The number of quaternary nitrogens is 1. The van der Waals surface area contributed by atoms with Crippen molar-refractivity contribution in [2.24, 2.45) is 0 Å². The van der Waals surface area contributed by atoms with Crippen LogP contribution in [0.4, 0.5) is 0 Å². The molecule has 0 aromatic rings. The van der Waals surface area contributed by atoms with E-state index >= 15 is 0 Å². The number of likely N-dealkylation sites (N-methyl/N-ethyl adjacent to an activating group) is 1. The van der Waals surface area contributed by atoms with Crippen molar-refractivity contribution in [3.8, 4) is 0 Å². The fourth-order valence-electron chi connectivity index (χ4n) is 5.22. The van der Waals surface area contributed by atoms with Crippen LogP contribution >= 0.6 is 7.82 Å². The maximum atomic E-state index is 12.6. The third kappa shape index (κ3) is 41.1. The van der Waals surface area contributed by atoms with Gasteiger partial charge in [-0.2, -0.15) is 0 Å². The quantitative estimate of drug-likeness (QED) is 0.0121.